The van der Waals surface area contributed by atoms with Crippen molar-refractivity contribution in [2.24, 2.45) is 0 Å². The van der Waals surface area contributed by atoms with E-state index in [9.17, 15) is 8.42 Å². The van der Waals surface area contributed by atoms with Crippen molar-refractivity contribution < 1.29 is 18.3 Å². The number of aliphatic hydroxyl groups is 1. The third-order valence-corrected chi connectivity index (χ3v) is 3.75. The zero-order chi connectivity index (χ0) is 14.6. The molecule has 0 bridgehead atoms. The van der Waals surface area contributed by atoms with Crippen molar-refractivity contribution in [1.82, 2.24) is 9.97 Å². The molecule has 2 N–H and O–H groups in total. The SMILES string of the molecule is COc1ccc(NS(=O)(=O)c2ccc(CO)cn2)cn1. The number of nitrogens with zero attached hydrogens (tertiary/aromatic N) is 2. The molecule has 2 heterocycles. The smallest absolute Gasteiger partial charge is 0.279 e. The summed E-state index contributed by atoms with van der Waals surface area (Å²) in [6.07, 6.45) is 2.65. The molecule has 2 rings (SSSR count). The lowest BCUT2D eigenvalue weighted by atomic mass is 10.3. The number of hydrogen-bond donors (Lipinski definition) is 2. The molecule has 0 unspecified atom stereocenters. The minimum Gasteiger partial charge on any atom is -0.481 e. The molecule has 20 heavy (non-hydrogen) atoms. The van der Waals surface area contributed by atoms with Crippen LogP contribution in [0.15, 0.2) is 41.7 Å². The van der Waals surface area contributed by atoms with Gasteiger partial charge in [-0.25, -0.2) is 9.97 Å². The Bertz CT molecular complexity index is 669. The lowest BCUT2D eigenvalue weighted by Gasteiger charge is -2.07. The Hall–Kier alpha value is -2.19. The van der Waals surface area contributed by atoms with Gasteiger partial charge in [0, 0.05) is 12.3 Å². The van der Waals surface area contributed by atoms with Crippen LogP contribution in [0.1, 0.15) is 5.56 Å². The van der Waals surface area contributed by atoms with E-state index in [0.29, 0.717) is 17.1 Å². The zero-order valence-electron chi connectivity index (χ0n) is 10.6. The van der Waals surface area contributed by atoms with Gasteiger partial charge in [0.15, 0.2) is 5.03 Å². The van der Waals surface area contributed by atoms with Gasteiger partial charge in [-0.1, -0.05) is 6.07 Å². The summed E-state index contributed by atoms with van der Waals surface area (Å²) >= 11 is 0. The highest BCUT2D eigenvalue weighted by atomic mass is 32.2. The predicted molar refractivity (Wildman–Crippen MR) is 71.8 cm³/mol. The quantitative estimate of drug-likeness (QED) is 0.845. The molecule has 0 fully saturated rings. The minimum atomic E-state index is -3.78. The van der Waals surface area contributed by atoms with E-state index in [2.05, 4.69) is 14.7 Å². The molecule has 0 saturated heterocycles. The molecule has 7 nitrogen and oxygen atoms in total. The van der Waals surface area contributed by atoms with E-state index >= 15 is 0 Å². The molecular weight excluding hydrogens is 282 g/mol. The first-order valence-electron chi connectivity index (χ1n) is 5.64. The average Bonchev–Trinajstić information content (AvgIpc) is 2.48. The summed E-state index contributed by atoms with van der Waals surface area (Å²) < 4.78 is 31.4. The Morgan fingerprint density at radius 2 is 2.00 bits per heavy atom. The molecule has 0 aliphatic heterocycles. The van der Waals surface area contributed by atoms with E-state index in [0.717, 1.165) is 0 Å². The van der Waals surface area contributed by atoms with Crippen molar-refractivity contribution >= 4 is 15.7 Å². The number of nitrogens with one attached hydrogen (secondary N) is 1. The van der Waals surface area contributed by atoms with E-state index in [4.69, 9.17) is 9.84 Å². The van der Waals surface area contributed by atoms with Gasteiger partial charge in [-0.2, -0.15) is 8.42 Å². The molecule has 106 valence electrons. The molecule has 0 amide bonds. The number of aromatic nitrogens is 2. The molecule has 0 aromatic carbocycles. The Kier molecular flexibility index (Phi) is 4.16. The van der Waals surface area contributed by atoms with Gasteiger partial charge < -0.3 is 9.84 Å². The largest absolute Gasteiger partial charge is 0.481 e. The third kappa shape index (κ3) is 3.22. The third-order valence-electron chi connectivity index (χ3n) is 2.45. The number of rotatable bonds is 5. The predicted octanol–water partition coefficient (Wildman–Crippen LogP) is 0.778. The molecule has 2 aromatic rings. The molecule has 0 aliphatic carbocycles. The van der Waals surface area contributed by atoms with E-state index in [1.807, 2.05) is 0 Å². The van der Waals surface area contributed by atoms with Gasteiger partial charge in [0.25, 0.3) is 10.0 Å². The van der Waals surface area contributed by atoms with Gasteiger partial charge in [0.1, 0.15) is 0 Å². The number of ether oxygens (including phenoxy) is 1. The Labute approximate surface area is 116 Å². The fourth-order valence-electron chi connectivity index (χ4n) is 1.43. The van der Waals surface area contributed by atoms with Crippen molar-refractivity contribution in [2.45, 2.75) is 11.6 Å². The summed E-state index contributed by atoms with van der Waals surface area (Å²) in [5.74, 6) is 0.387. The topological polar surface area (TPSA) is 101 Å². The van der Waals surface area contributed by atoms with Gasteiger partial charge in [0.05, 0.1) is 25.6 Å². The van der Waals surface area contributed by atoms with Crippen molar-refractivity contribution in [3.8, 4) is 5.88 Å². The molecule has 8 heteroatoms. The lowest BCUT2D eigenvalue weighted by molar-refractivity contribution is 0.281. The summed E-state index contributed by atoms with van der Waals surface area (Å²) in [5.41, 5.74) is 0.842. The Morgan fingerprint density at radius 1 is 1.20 bits per heavy atom. The number of aliphatic hydroxyl groups excluding tert-OH is 1. The number of sulfonamides is 1. The molecular formula is C12H13N3O4S. The van der Waals surface area contributed by atoms with Crippen LogP contribution >= 0.6 is 0 Å². The number of anilines is 1. The van der Waals surface area contributed by atoms with Crippen LogP contribution in [-0.4, -0.2) is 30.6 Å². The normalized spacial score (nSPS) is 11.1. The molecule has 2 aromatic heterocycles. The summed E-state index contributed by atoms with van der Waals surface area (Å²) in [4.78, 5) is 7.70. The summed E-state index contributed by atoms with van der Waals surface area (Å²) in [6, 6.07) is 5.89. The van der Waals surface area contributed by atoms with Gasteiger partial charge in [-0.05, 0) is 17.7 Å². The van der Waals surface area contributed by atoms with Crippen LogP contribution in [0.25, 0.3) is 0 Å². The van der Waals surface area contributed by atoms with E-state index in [1.54, 1.807) is 6.07 Å². The molecule has 0 radical (unpaired) electrons. The van der Waals surface area contributed by atoms with Crippen LogP contribution in [0, 0.1) is 0 Å². The second-order valence-corrected chi connectivity index (χ2v) is 5.49. The Balaban J connectivity index is 2.20. The first-order chi connectivity index (χ1) is 9.55. The molecule has 0 saturated carbocycles. The zero-order valence-corrected chi connectivity index (χ0v) is 11.5. The van der Waals surface area contributed by atoms with Crippen LogP contribution in [0.3, 0.4) is 0 Å². The highest BCUT2D eigenvalue weighted by Gasteiger charge is 2.15. The summed E-state index contributed by atoms with van der Waals surface area (Å²) in [6.45, 7) is -0.191. The second kappa shape index (κ2) is 5.85. The van der Waals surface area contributed by atoms with Gasteiger partial charge in [0.2, 0.25) is 5.88 Å². The number of hydrogen-bond acceptors (Lipinski definition) is 6. The summed E-state index contributed by atoms with van der Waals surface area (Å²) in [7, 11) is -2.31. The van der Waals surface area contributed by atoms with Gasteiger partial charge in [-0.15, -0.1) is 0 Å². The highest BCUT2D eigenvalue weighted by Crippen LogP contribution is 2.16. The maximum absolute atomic E-state index is 12.1. The van der Waals surface area contributed by atoms with Gasteiger partial charge in [-0.3, -0.25) is 4.72 Å². The van der Waals surface area contributed by atoms with Gasteiger partial charge >= 0.3 is 0 Å². The van der Waals surface area contributed by atoms with Crippen molar-refractivity contribution in [3.05, 3.63) is 42.2 Å². The molecule has 0 atom stereocenters. The number of methoxy groups -OCH3 is 1. The van der Waals surface area contributed by atoms with Crippen LogP contribution in [0.2, 0.25) is 0 Å². The van der Waals surface area contributed by atoms with Crippen LogP contribution < -0.4 is 9.46 Å². The first kappa shape index (κ1) is 14.2. The second-order valence-electron chi connectivity index (χ2n) is 3.86. The number of pyridine rings is 2. The first-order valence-corrected chi connectivity index (χ1v) is 7.12. The van der Waals surface area contributed by atoms with E-state index in [1.165, 1.54) is 37.7 Å². The summed E-state index contributed by atoms with van der Waals surface area (Å²) in [5, 5.41) is 8.76. The standard InChI is InChI=1S/C12H13N3O4S/c1-19-11-4-3-10(7-13-11)15-20(17,18)12-5-2-9(8-16)6-14-12/h2-7,15-16H,8H2,1H3. The van der Waals surface area contributed by atoms with Crippen LogP contribution in [-0.2, 0) is 16.6 Å². The van der Waals surface area contributed by atoms with Crippen molar-refractivity contribution in [2.75, 3.05) is 11.8 Å². The molecule has 0 spiro atoms. The monoisotopic (exact) mass is 295 g/mol. The fourth-order valence-corrected chi connectivity index (χ4v) is 2.41. The average molecular weight is 295 g/mol. The fraction of sp³-hybridized carbons (Fsp3) is 0.167. The van der Waals surface area contributed by atoms with Crippen molar-refractivity contribution in [1.29, 1.82) is 0 Å². The van der Waals surface area contributed by atoms with E-state index < -0.39 is 10.0 Å². The lowest BCUT2D eigenvalue weighted by Crippen LogP contribution is -2.14. The maximum atomic E-state index is 12.1. The van der Waals surface area contributed by atoms with Crippen molar-refractivity contribution in [3.63, 3.8) is 0 Å². The van der Waals surface area contributed by atoms with Crippen LogP contribution in [0.4, 0.5) is 5.69 Å². The maximum Gasteiger partial charge on any atom is 0.279 e. The highest BCUT2D eigenvalue weighted by molar-refractivity contribution is 7.92. The van der Waals surface area contributed by atoms with E-state index in [-0.39, 0.29) is 11.6 Å². The Morgan fingerprint density at radius 3 is 2.50 bits per heavy atom. The minimum absolute atomic E-state index is 0.134. The molecule has 0 aliphatic rings. The van der Waals surface area contributed by atoms with Crippen LogP contribution in [0.5, 0.6) is 5.88 Å².